The van der Waals surface area contributed by atoms with Gasteiger partial charge in [0, 0.05) is 9.13 Å². The maximum absolute atomic E-state index is 10.9. The highest BCUT2D eigenvalue weighted by molar-refractivity contribution is 14.1. The Morgan fingerprint density at radius 2 is 2.06 bits per heavy atom. The molecular formula is C8H8I2N4O2. The van der Waals surface area contributed by atoms with Gasteiger partial charge in [-0.1, -0.05) is 0 Å². The van der Waals surface area contributed by atoms with Crippen molar-refractivity contribution in [3.8, 4) is 5.75 Å². The van der Waals surface area contributed by atoms with Crippen LogP contribution in [0.5, 0.6) is 5.75 Å². The lowest BCUT2D eigenvalue weighted by Crippen LogP contribution is -2.30. The summed E-state index contributed by atoms with van der Waals surface area (Å²) >= 11 is 4.08. The molecule has 0 amide bonds. The van der Waals surface area contributed by atoms with E-state index in [-0.39, 0.29) is 10.6 Å². The van der Waals surface area contributed by atoms with E-state index in [2.05, 4.69) is 27.7 Å². The second-order valence-electron chi connectivity index (χ2n) is 2.77. The molecule has 0 radical (unpaired) electrons. The maximum atomic E-state index is 10.9. The van der Waals surface area contributed by atoms with Gasteiger partial charge >= 0.3 is 5.96 Å². The molecule has 0 bridgehead atoms. The van der Waals surface area contributed by atoms with Crippen LogP contribution in [0.2, 0.25) is 0 Å². The predicted molar refractivity (Wildman–Crippen MR) is 78.1 cm³/mol. The summed E-state index contributed by atoms with van der Waals surface area (Å²) in [5.74, 6) is -0.398. The highest BCUT2D eigenvalue weighted by atomic mass is 127. The summed E-state index contributed by atoms with van der Waals surface area (Å²) in [7, 11) is 0. The number of nitrogens with two attached hydrogens (primary N) is 2. The van der Waals surface area contributed by atoms with Crippen molar-refractivity contribution in [2.75, 3.05) is 0 Å². The van der Waals surface area contributed by atoms with Gasteiger partial charge in [-0.2, -0.15) is 0 Å². The van der Waals surface area contributed by atoms with Crippen LogP contribution in [0.15, 0.2) is 17.2 Å². The topological polar surface area (TPSA) is 111 Å². The number of halogens is 2. The van der Waals surface area contributed by atoms with E-state index in [1.165, 1.54) is 6.21 Å². The number of phenols is 1. The van der Waals surface area contributed by atoms with E-state index in [1.54, 1.807) is 12.1 Å². The fourth-order valence-corrected chi connectivity index (χ4v) is 2.76. The summed E-state index contributed by atoms with van der Waals surface area (Å²) in [4.78, 5) is 0.0756. The third kappa shape index (κ3) is 3.37. The van der Waals surface area contributed by atoms with E-state index in [0.717, 1.165) is 3.57 Å². The van der Waals surface area contributed by atoms with Crippen molar-refractivity contribution >= 4 is 57.4 Å². The molecule has 1 aromatic rings. The minimum Gasteiger partial charge on any atom is -0.722 e. The fourth-order valence-electron chi connectivity index (χ4n) is 0.866. The molecule has 1 rings (SSSR count). The van der Waals surface area contributed by atoms with Crippen LogP contribution in [-0.2, 0) is 0 Å². The van der Waals surface area contributed by atoms with Crippen LogP contribution in [0.1, 0.15) is 5.56 Å². The second kappa shape index (κ2) is 5.52. The number of rotatable bonds is 2. The highest BCUT2D eigenvalue weighted by Crippen LogP contribution is 2.25. The van der Waals surface area contributed by atoms with Gasteiger partial charge in [0.1, 0.15) is 5.75 Å². The van der Waals surface area contributed by atoms with Gasteiger partial charge in [0.25, 0.3) is 0 Å². The molecule has 0 saturated carbocycles. The average molecular weight is 446 g/mol. The van der Waals surface area contributed by atoms with Crippen molar-refractivity contribution < 1.29 is 9.95 Å². The molecule has 0 aromatic heterocycles. The molecule has 86 valence electrons. The number of phenolic OH excluding ortho intramolecular Hbond substituents is 1. The number of hydrazone groups is 1. The number of hydrogen-bond donors (Lipinski definition) is 3. The summed E-state index contributed by atoms with van der Waals surface area (Å²) < 4.78 is 1.59. The van der Waals surface area contributed by atoms with Gasteiger partial charge in [-0.25, -0.2) is 0 Å². The van der Waals surface area contributed by atoms with Gasteiger partial charge in [0.15, 0.2) is 0 Å². The summed E-state index contributed by atoms with van der Waals surface area (Å²) in [6.07, 6.45) is 1.20. The molecule has 0 atom stereocenters. The summed E-state index contributed by atoms with van der Waals surface area (Å²) in [6, 6.07) is 3.48. The van der Waals surface area contributed by atoms with Crippen molar-refractivity contribution in [2.24, 2.45) is 16.6 Å². The molecule has 8 heteroatoms. The van der Waals surface area contributed by atoms with E-state index >= 15 is 0 Å². The highest BCUT2D eigenvalue weighted by Gasteiger charge is 2.05. The molecule has 0 aliphatic rings. The second-order valence-corrected chi connectivity index (χ2v) is 5.18. The summed E-state index contributed by atoms with van der Waals surface area (Å²) in [5.41, 5.74) is 10.5. The smallest absolute Gasteiger partial charge is 0.366 e. The lowest BCUT2D eigenvalue weighted by atomic mass is 10.2. The van der Waals surface area contributed by atoms with Gasteiger partial charge in [0.05, 0.1) is 9.78 Å². The van der Waals surface area contributed by atoms with Gasteiger partial charge < -0.3 is 10.3 Å². The Kier molecular flexibility index (Phi) is 4.58. The van der Waals surface area contributed by atoms with Crippen LogP contribution in [0.3, 0.4) is 0 Å². The predicted octanol–water partition coefficient (Wildman–Crippen LogP) is 0.719. The zero-order valence-electron chi connectivity index (χ0n) is 7.89. The number of benzene rings is 1. The molecule has 0 heterocycles. The Hall–Kier alpha value is -0.780. The molecule has 0 aliphatic heterocycles. The number of aromatic hydroxyl groups is 1. The quantitative estimate of drug-likeness (QED) is 0.155. The third-order valence-electron chi connectivity index (χ3n) is 1.58. The lowest BCUT2D eigenvalue weighted by Gasteiger charge is -2.05. The van der Waals surface area contributed by atoms with Crippen molar-refractivity contribution in [3.63, 3.8) is 0 Å². The zero-order chi connectivity index (χ0) is 12.3. The molecule has 0 saturated heterocycles. The zero-order valence-corrected chi connectivity index (χ0v) is 12.2. The first-order valence-corrected chi connectivity index (χ1v) is 6.14. The Morgan fingerprint density at radius 3 is 2.62 bits per heavy atom. The van der Waals surface area contributed by atoms with Gasteiger partial charge in [-0.15, -0.1) is 9.95 Å². The molecular weight excluding hydrogens is 438 g/mol. The van der Waals surface area contributed by atoms with E-state index in [9.17, 15) is 10.3 Å². The molecule has 5 N–H and O–H groups in total. The van der Waals surface area contributed by atoms with Crippen LogP contribution in [0.4, 0.5) is 0 Å². The Bertz CT molecular complexity index is 469. The Labute approximate surface area is 119 Å². The summed E-state index contributed by atoms with van der Waals surface area (Å²) in [5, 5.41) is 24.1. The van der Waals surface area contributed by atoms with Crippen molar-refractivity contribution in [1.29, 1.82) is 0 Å². The van der Waals surface area contributed by atoms with Crippen LogP contribution < -0.4 is 11.5 Å². The average Bonchev–Trinajstić information content (AvgIpc) is 2.20. The van der Waals surface area contributed by atoms with Crippen molar-refractivity contribution in [2.45, 2.75) is 0 Å². The fraction of sp³-hybridized carbons (Fsp3) is 0. The maximum Gasteiger partial charge on any atom is 0.366 e. The molecule has 0 unspecified atom stereocenters. The van der Waals surface area contributed by atoms with Crippen LogP contribution in [-0.4, -0.2) is 22.1 Å². The largest absolute Gasteiger partial charge is 0.722 e. The monoisotopic (exact) mass is 446 g/mol. The van der Waals surface area contributed by atoms with Crippen LogP contribution >= 0.6 is 45.2 Å². The lowest BCUT2D eigenvalue weighted by molar-refractivity contribution is -0.463. The number of hydrogen-bond acceptors (Lipinski definition) is 3. The van der Waals surface area contributed by atoms with E-state index in [1.807, 2.05) is 22.6 Å². The number of guanidine groups is 1. The molecule has 0 aliphatic carbocycles. The molecule has 1 aromatic carbocycles. The minimum atomic E-state index is -0.462. The third-order valence-corrected chi connectivity index (χ3v) is 3.03. The Balaban J connectivity index is 3.12. The molecule has 6 nitrogen and oxygen atoms in total. The SMILES string of the molecule is NC(N)=[N+]([O-])/N=C/c1cc(I)cc(I)c1O. The minimum absolute atomic E-state index is 0.0637. The van der Waals surface area contributed by atoms with Gasteiger partial charge in [0.2, 0.25) is 0 Å². The van der Waals surface area contributed by atoms with Gasteiger partial charge in [-0.3, -0.25) is 11.5 Å². The van der Waals surface area contributed by atoms with Crippen molar-refractivity contribution in [1.82, 2.24) is 0 Å². The van der Waals surface area contributed by atoms with Gasteiger partial charge in [-0.05, 0) is 57.3 Å². The first-order valence-electron chi connectivity index (χ1n) is 3.99. The van der Waals surface area contributed by atoms with E-state index in [0.29, 0.717) is 9.13 Å². The van der Waals surface area contributed by atoms with Crippen LogP contribution in [0.25, 0.3) is 0 Å². The van der Waals surface area contributed by atoms with Crippen molar-refractivity contribution in [3.05, 3.63) is 30.0 Å². The summed E-state index contributed by atoms with van der Waals surface area (Å²) in [6.45, 7) is 0. The van der Waals surface area contributed by atoms with E-state index < -0.39 is 5.96 Å². The first-order chi connectivity index (χ1) is 7.41. The standard InChI is InChI=1S/C8H8I2N4O2/c9-5-1-4(7(15)6(10)2-5)3-13-14(16)8(11)12/h1-3,15H,11-12H2/b13-3+. The Morgan fingerprint density at radius 1 is 1.44 bits per heavy atom. The number of nitrogens with zero attached hydrogens (tertiary/aromatic N) is 2. The van der Waals surface area contributed by atoms with E-state index in [4.69, 9.17) is 11.5 Å². The first kappa shape index (κ1) is 13.3. The molecule has 16 heavy (non-hydrogen) atoms. The molecule has 0 fully saturated rings. The molecule has 0 spiro atoms. The van der Waals surface area contributed by atoms with Crippen LogP contribution in [0, 0.1) is 12.3 Å². The normalized spacial score (nSPS) is 10.6.